The minimum atomic E-state index is 0.763. The van der Waals surface area contributed by atoms with E-state index in [1.54, 1.807) is 6.33 Å². The molecule has 0 aliphatic carbocycles. The molecule has 1 aromatic rings. The second kappa shape index (κ2) is 7.10. The van der Waals surface area contributed by atoms with Gasteiger partial charge in [-0.1, -0.05) is 6.92 Å². The summed E-state index contributed by atoms with van der Waals surface area (Å²) in [4.78, 5) is 6.88. The number of alkyl halides is 1. The van der Waals surface area contributed by atoms with Crippen LogP contribution < -0.4 is 0 Å². The number of likely N-dealkylation sites (tertiary alicyclic amines) is 1. The Balaban J connectivity index is 1.89. The van der Waals surface area contributed by atoms with Crippen LogP contribution in [0, 0.1) is 5.92 Å². The Morgan fingerprint density at radius 3 is 3.17 bits per heavy atom. The fourth-order valence-electron chi connectivity index (χ4n) is 2.69. The average molecular weight is 271 g/mol. The molecule has 1 atom stereocenters. The average Bonchev–Trinajstić information content (AvgIpc) is 2.78. The molecule has 1 aliphatic rings. The van der Waals surface area contributed by atoms with Crippen LogP contribution in [0.15, 0.2) is 6.33 Å². The van der Waals surface area contributed by atoms with Gasteiger partial charge < -0.3 is 0 Å². The van der Waals surface area contributed by atoms with Gasteiger partial charge in [-0.15, -0.1) is 11.6 Å². The maximum absolute atomic E-state index is 5.85. The maximum Gasteiger partial charge on any atom is 0.141 e. The van der Waals surface area contributed by atoms with E-state index in [0.29, 0.717) is 0 Å². The van der Waals surface area contributed by atoms with Gasteiger partial charge in [-0.05, 0) is 38.1 Å². The molecule has 0 bridgehead atoms. The van der Waals surface area contributed by atoms with Crippen LogP contribution in [0.5, 0.6) is 0 Å². The van der Waals surface area contributed by atoms with Gasteiger partial charge in [0, 0.05) is 19.0 Å². The number of nitrogens with zero attached hydrogens (tertiary/aromatic N) is 4. The number of aromatic nitrogens is 3. The third-order valence-corrected chi connectivity index (χ3v) is 3.83. The van der Waals surface area contributed by atoms with E-state index in [9.17, 15) is 0 Å². The van der Waals surface area contributed by atoms with E-state index in [4.69, 9.17) is 11.6 Å². The monoisotopic (exact) mass is 270 g/mol. The molecule has 4 nitrogen and oxygen atoms in total. The van der Waals surface area contributed by atoms with Gasteiger partial charge in [-0.3, -0.25) is 4.90 Å². The smallest absolute Gasteiger partial charge is 0.141 e. The zero-order chi connectivity index (χ0) is 12.8. The zero-order valence-electron chi connectivity index (χ0n) is 11.2. The van der Waals surface area contributed by atoms with Gasteiger partial charge in [-0.2, -0.15) is 5.10 Å². The quantitative estimate of drug-likeness (QED) is 0.745. The Labute approximate surface area is 114 Å². The van der Waals surface area contributed by atoms with E-state index in [1.165, 1.54) is 19.4 Å². The summed E-state index contributed by atoms with van der Waals surface area (Å²) in [5.74, 6) is 2.65. The van der Waals surface area contributed by atoms with E-state index >= 15 is 0 Å². The van der Waals surface area contributed by atoms with Gasteiger partial charge in [0.2, 0.25) is 0 Å². The molecule has 1 unspecified atom stereocenters. The summed E-state index contributed by atoms with van der Waals surface area (Å²) in [6, 6.07) is 0. The normalized spacial score (nSPS) is 21.3. The molecule has 0 spiro atoms. The molecule has 1 saturated heterocycles. The third kappa shape index (κ3) is 3.69. The molecule has 0 saturated carbocycles. The van der Waals surface area contributed by atoms with Crippen LogP contribution in [0.25, 0.3) is 0 Å². The van der Waals surface area contributed by atoms with Crippen molar-refractivity contribution in [1.29, 1.82) is 0 Å². The molecular formula is C13H23ClN4. The van der Waals surface area contributed by atoms with E-state index in [1.807, 2.05) is 4.68 Å². The number of halogens is 1. The van der Waals surface area contributed by atoms with Gasteiger partial charge in [0.15, 0.2) is 0 Å². The SMILES string of the molecule is CCCn1ncnc1CN1CCCC(CCCl)C1. The highest BCUT2D eigenvalue weighted by Gasteiger charge is 2.20. The molecule has 1 aromatic heterocycles. The van der Waals surface area contributed by atoms with Gasteiger partial charge >= 0.3 is 0 Å². The molecule has 2 rings (SSSR count). The Hall–Kier alpha value is -0.610. The van der Waals surface area contributed by atoms with Crippen molar-refractivity contribution in [2.45, 2.75) is 45.7 Å². The van der Waals surface area contributed by atoms with Crippen molar-refractivity contribution in [3.8, 4) is 0 Å². The van der Waals surface area contributed by atoms with Crippen molar-refractivity contribution in [2.24, 2.45) is 5.92 Å². The lowest BCUT2D eigenvalue weighted by Gasteiger charge is -2.32. The van der Waals surface area contributed by atoms with Crippen molar-refractivity contribution in [3.63, 3.8) is 0 Å². The molecule has 0 aromatic carbocycles. The van der Waals surface area contributed by atoms with E-state index in [-0.39, 0.29) is 0 Å². The number of piperidine rings is 1. The molecule has 2 heterocycles. The van der Waals surface area contributed by atoms with Crippen molar-refractivity contribution in [1.82, 2.24) is 19.7 Å². The molecule has 18 heavy (non-hydrogen) atoms. The highest BCUT2D eigenvalue weighted by atomic mass is 35.5. The van der Waals surface area contributed by atoms with E-state index < -0.39 is 0 Å². The Morgan fingerprint density at radius 1 is 1.50 bits per heavy atom. The van der Waals surface area contributed by atoms with Crippen LogP contribution in [-0.2, 0) is 13.1 Å². The van der Waals surface area contributed by atoms with Crippen molar-refractivity contribution >= 4 is 11.6 Å². The number of aryl methyl sites for hydroxylation is 1. The summed E-state index contributed by atoms with van der Waals surface area (Å²) in [5.41, 5.74) is 0. The predicted octanol–water partition coefficient (Wildman–Crippen LogP) is 2.53. The summed E-state index contributed by atoms with van der Waals surface area (Å²) in [7, 11) is 0. The fraction of sp³-hybridized carbons (Fsp3) is 0.846. The molecule has 5 heteroatoms. The second-order valence-corrected chi connectivity index (χ2v) is 5.50. The van der Waals surface area contributed by atoms with Crippen molar-refractivity contribution in [3.05, 3.63) is 12.2 Å². The summed E-state index contributed by atoms with van der Waals surface area (Å²) < 4.78 is 2.03. The van der Waals surface area contributed by atoms with Gasteiger partial charge in [0.25, 0.3) is 0 Å². The summed E-state index contributed by atoms with van der Waals surface area (Å²) in [6.07, 6.45) is 6.52. The minimum absolute atomic E-state index is 0.763. The predicted molar refractivity (Wildman–Crippen MR) is 73.7 cm³/mol. The van der Waals surface area contributed by atoms with Crippen molar-refractivity contribution < 1.29 is 0 Å². The number of rotatable bonds is 6. The molecule has 1 fully saturated rings. The van der Waals surface area contributed by atoms with Crippen LogP contribution in [0.1, 0.15) is 38.4 Å². The van der Waals surface area contributed by atoms with Gasteiger partial charge in [0.1, 0.15) is 12.2 Å². The molecule has 1 aliphatic heterocycles. The molecule has 0 amide bonds. The molecular weight excluding hydrogens is 248 g/mol. The number of hydrogen-bond donors (Lipinski definition) is 0. The van der Waals surface area contributed by atoms with Crippen LogP contribution in [-0.4, -0.2) is 38.6 Å². The topological polar surface area (TPSA) is 34.0 Å². The highest BCUT2D eigenvalue weighted by Crippen LogP contribution is 2.21. The second-order valence-electron chi connectivity index (χ2n) is 5.12. The van der Waals surface area contributed by atoms with Gasteiger partial charge in [-0.25, -0.2) is 9.67 Å². The van der Waals surface area contributed by atoms with Crippen LogP contribution in [0.4, 0.5) is 0 Å². The molecule has 102 valence electrons. The molecule has 0 radical (unpaired) electrons. The zero-order valence-corrected chi connectivity index (χ0v) is 11.9. The maximum atomic E-state index is 5.85. The van der Waals surface area contributed by atoms with Crippen molar-refractivity contribution in [2.75, 3.05) is 19.0 Å². The largest absolute Gasteiger partial charge is 0.296 e. The van der Waals surface area contributed by atoms with E-state index in [0.717, 1.165) is 50.1 Å². The summed E-state index contributed by atoms with van der Waals surface area (Å²) in [6.45, 7) is 6.40. The third-order valence-electron chi connectivity index (χ3n) is 3.62. The highest BCUT2D eigenvalue weighted by molar-refractivity contribution is 6.17. The summed E-state index contributed by atoms with van der Waals surface area (Å²) >= 11 is 5.85. The Kier molecular flexibility index (Phi) is 5.45. The first-order chi connectivity index (χ1) is 8.83. The lowest BCUT2D eigenvalue weighted by Crippen LogP contribution is -2.36. The minimum Gasteiger partial charge on any atom is -0.296 e. The van der Waals surface area contributed by atoms with Crippen LogP contribution in [0.3, 0.4) is 0 Å². The van der Waals surface area contributed by atoms with Crippen LogP contribution in [0.2, 0.25) is 0 Å². The number of hydrogen-bond acceptors (Lipinski definition) is 3. The fourth-order valence-corrected chi connectivity index (χ4v) is 3.00. The Bertz CT molecular complexity index is 351. The first-order valence-corrected chi connectivity index (χ1v) is 7.52. The first kappa shape index (κ1) is 13.8. The molecule has 0 N–H and O–H groups in total. The van der Waals surface area contributed by atoms with E-state index in [2.05, 4.69) is 21.9 Å². The standard InChI is InChI=1S/C13H23ClN4/c1-2-7-18-13(15-11-16-18)10-17-8-3-4-12(9-17)5-6-14/h11-12H,2-10H2,1H3. The lowest BCUT2D eigenvalue weighted by molar-refractivity contribution is 0.159. The summed E-state index contributed by atoms with van der Waals surface area (Å²) in [5, 5.41) is 4.28. The van der Waals surface area contributed by atoms with Crippen LogP contribution >= 0.6 is 11.6 Å². The first-order valence-electron chi connectivity index (χ1n) is 6.98. The Morgan fingerprint density at radius 2 is 2.39 bits per heavy atom. The lowest BCUT2D eigenvalue weighted by atomic mass is 9.95. The van der Waals surface area contributed by atoms with Gasteiger partial charge in [0.05, 0.1) is 6.54 Å².